The number of hydrogen-bond acceptors (Lipinski definition) is 7. The highest BCUT2D eigenvalue weighted by molar-refractivity contribution is 7.91. The largest absolute Gasteiger partial charge is 0.450 e. The molecule has 13 heteroatoms. The van der Waals surface area contributed by atoms with Crippen LogP contribution < -0.4 is 15.4 Å². The molecule has 4 amide bonds. The molecule has 268 valence electrons. The van der Waals surface area contributed by atoms with E-state index in [1.54, 1.807) is 6.92 Å². The number of halogens is 1. The van der Waals surface area contributed by atoms with Crippen molar-refractivity contribution in [3.8, 4) is 11.1 Å². The SMILES string of the molecule is C[C@@H]1NC(=O)OCCCCCCc2ccc(Cl)cc2-c2ccc(cc2)[C@@H]2C[C@@H](C(=O)N[C@]3(C(=O)NS(=O)(=O)C4CC4)C[C@H]3C3CC3)N(C2)C1=O. The van der Waals surface area contributed by atoms with Crippen molar-refractivity contribution in [2.45, 2.75) is 106 Å². The summed E-state index contributed by atoms with van der Waals surface area (Å²) in [7, 11) is -3.82. The molecule has 3 heterocycles. The van der Waals surface area contributed by atoms with Gasteiger partial charge in [-0.1, -0.05) is 54.8 Å². The van der Waals surface area contributed by atoms with Gasteiger partial charge in [0.05, 0.1) is 11.9 Å². The molecule has 3 saturated carbocycles. The maximum absolute atomic E-state index is 14.2. The molecule has 50 heavy (non-hydrogen) atoms. The van der Waals surface area contributed by atoms with Gasteiger partial charge in [-0.05, 0) is 111 Å². The van der Waals surface area contributed by atoms with E-state index in [0.29, 0.717) is 37.1 Å². The molecule has 6 aliphatic rings. The van der Waals surface area contributed by atoms with Crippen LogP contribution in [0.5, 0.6) is 0 Å². The molecule has 5 atom stereocenters. The molecular weight excluding hydrogens is 680 g/mol. The van der Waals surface area contributed by atoms with Gasteiger partial charge < -0.3 is 20.3 Å². The van der Waals surface area contributed by atoms with Gasteiger partial charge in [0.25, 0.3) is 5.91 Å². The van der Waals surface area contributed by atoms with Crippen LogP contribution in [-0.4, -0.2) is 73.2 Å². The molecule has 4 bridgehead atoms. The van der Waals surface area contributed by atoms with Crippen LogP contribution in [-0.2, 0) is 35.6 Å². The van der Waals surface area contributed by atoms with E-state index in [1.807, 2.05) is 36.4 Å². The van der Waals surface area contributed by atoms with E-state index in [2.05, 4.69) is 21.4 Å². The Morgan fingerprint density at radius 1 is 1.00 bits per heavy atom. The molecule has 2 aromatic rings. The molecule has 4 fully saturated rings. The Morgan fingerprint density at radius 3 is 2.46 bits per heavy atom. The van der Waals surface area contributed by atoms with Crippen LogP contribution in [0.4, 0.5) is 4.79 Å². The van der Waals surface area contributed by atoms with Crippen molar-refractivity contribution in [3.05, 3.63) is 58.6 Å². The van der Waals surface area contributed by atoms with Crippen molar-refractivity contribution in [2.24, 2.45) is 11.8 Å². The fraction of sp³-hybridized carbons (Fsp3) is 0.568. The maximum Gasteiger partial charge on any atom is 0.407 e. The monoisotopic (exact) mass is 724 g/mol. The van der Waals surface area contributed by atoms with Gasteiger partial charge in [-0.2, -0.15) is 0 Å². The second kappa shape index (κ2) is 13.8. The van der Waals surface area contributed by atoms with E-state index in [-0.39, 0.29) is 30.9 Å². The number of hydrogen-bond donors (Lipinski definition) is 3. The van der Waals surface area contributed by atoms with E-state index in [0.717, 1.165) is 55.2 Å². The summed E-state index contributed by atoms with van der Waals surface area (Å²) in [5.74, 6) is -1.75. The summed E-state index contributed by atoms with van der Waals surface area (Å²) in [6.07, 6.45) is 7.24. The van der Waals surface area contributed by atoms with Crippen LogP contribution in [0.1, 0.15) is 88.2 Å². The van der Waals surface area contributed by atoms with Gasteiger partial charge >= 0.3 is 6.09 Å². The van der Waals surface area contributed by atoms with Gasteiger partial charge in [-0.25, -0.2) is 13.2 Å². The summed E-state index contributed by atoms with van der Waals surface area (Å²) in [4.78, 5) is 55.8. The predicted octanol–water partition coefficient (Wildman–Crippen LogP) is 4.82. The second-order valence-corrected chi connectivity index (χ2v) is 17.2. The molecule has 0 unspecified atom stereocenters. The lowest BCUT2D eigenvalue weighted by molar-refractivity contribution is -0.140. The number of alkyl carbamates (subject to hydrolysis) is 1. The molecular formula is C37H45ClN4O7S. The lowest BCUT2D eigenvalue weighted by Gasteiger charge is -2.29. The standard InChI is InChI=1S/C37H45ClN4O7S/c1-22-34(44)42-21-27(18-32(42)33(43)40-37(20-31(37)26-11-12-26)35(45)41-50(47,48)29-15-16-29)23-7-9-25(10-8-23)30-19-28(38)14-13-24(30)6-4-2-3-5-17-49-36(46)39-22/h7-10,13-14,19,22,26-27,29,31-32H,2-6,11-12,15-18,20-21H2,1H3,(H,39,46)(H,40,43)(H,41,45)/t22-,27+,31-,32-,37+/m0/s1. The lowest BCUT2D eigenvalue weighted by Crippen LogP contribution is -2.58. The topological polar surface area (TPSA) is 151 Å². The van der Waals surface area contributed by atoms with Crippen LogP contribution in [0, 0.1) is 11.8 Å². The van der Waals surface area contributed by atoms with Crippen molar-refractivity contribution >= 4 is 45.4 Å². The van der Waals surface area contributed by atoms with E-state index < -0.39 is 56.7 Å². The number of ether oxygens (including phenoxy) is 1. The number of amides is 4. The highest BCUT2D eigenvalue weighted by Crippen LogP contribution is 2.57. The normalized spacial score (nSPS) is 29.0. The smallest absolute Gasteiger partial charge is 0.407 e. The molecule has 3 N–H and O–H groups in total. The first-order valence-electron chi connectivity index (χ1n) is 18.0. The number of sulfonamides is 1. The quantitative estimate of drug-likeness (QED) is 0.387. The number of fused-ring (bicyclic) bond motifs is 12. The van der Waals surface area contributed by atoms with Gasteiger partial charge in [-0.15, -0.1) is 0 Å². The Morgan fingerprint density at radius 2 is 1.74 bits per heavy atom. The third kappa shape index (κ3) is 7.37. The summed E-state index contributed by atoms with van der Waals surface area (Å²) in [6.45, 7) is 2.02. The zero-order chi connectivity index (χ0) is 35.2. The second-order valence-electron chi connectivity index (χ2n) is 14.8. The lowest BCUT2D eigenvalue weighted by atomic mass is 9.91. The maximum atomic E-state index is 14.2. The van der Waals surface area contributed by atoms with Crippen LogP contribution in [0.15, 0.2) is 42.5 Å². The van der Waals surface area contributed by atoms with Crippen LogP contribution in [0.2, 0.25) is 5.02 Å². The molecule has 1 saturated heterocycles. The van der Waals surface area contributed by atoms with E-state index in [4.69, 9.17) is 16.3 Å². The number of rotatable bonds is 6. The van der Waals surface area contributed by atoms with Crippen molar-refractivity contribution < 1.29 is 32.3 Å². The molecule has 0 spiro atoms. The van der Waals surface area contributed by atoms with Crippen molar-refractivity contribution in [2.75, 3.05) is 13.2 Å². The van der Waals surface area contributed by atoms with Crippen LogP contribution in [0.3, 0.4) is 0 Å². The molecule has 8 rings (SSSR count). The highest BCUT2D eigenvalue weighted by Gasteiger charge is 2.67. The summed E-state index contributed by atoms with van der Waals surface area (Å²) in [5.41, 5.74) is 2.91. The summed E-state index contributed by atoms with van der Waals surface area (Å²) >= 11 is 6.43. The minimum absolute atomic E-state index is 0.155. The average molecular weight is 725 g/mol. The third-order valence-electron chi connectivity index (χ3n) is 11.1. The minimum atomic E-state index is -3.82. The fourth-order valence-electron chi connectivity index (χ4n) is 7.81. The Balaban J connectivity index is 1.16. The van der Waals surface area contributed by atoms with Crippen molar-refractivity contribution in [3.63, 3.8) is 0 Å². The summed E-state index contributed by atoms with van der Waals surface area (Å²) in [5, 5.41) is 5.66. The van der Waals surface area contributed by atoms with E-state index in [1.165, 1.54) is 10.5 Å². The number of carbonyl (C=O) groups excluding carboxylic acids is 4. The molecule has 3 aliphatic heterocycles. The van der Waals surface area contributed by atoms with Crippen LogP contribution >= 0.6 is 11.6 Å². The van der Waals surface area contributed by atoms with Crippen molar-refractivity contribution in [1.82, 2.24) is 20.3 Å². The zero-order valence-electron chi connectivity index (χ0n) is 28.3. The van der Waals surface area contributed by atoms with Gasteiger partial charge in [0.15, 0.2) is 0 Å². The Bertz CT molecular complexity index is 1780. The average Bonchev–Trinajstić information content (AvgIpc) is 3.96. The van der Waals surface area contributed by atoms with E-state index >= 15 is 0 Å². The van der Waals surface area contributed by atoms with Gasteiger partial charge in [0, 0.05) is 17.5 Å². The number of aryl methyl sites for hydroxylation is 1. The predicted molar refractivity (Wildman–Crippen MR) is 188 cm³/mol. The number of benzene rings is 2. The number of nitrogens with one attached hydrogen (secondary N) is 3. The van der Waals surface area contributed by atoms with Crippen molar-refractivity contribution in [1.29, 1.82) is 0 Å². The first-order chi connectivity index (χ1) is 23.9. The summed E-state index contributed by atoms with van der Waals surface area (Å²) in [6, 6.07) is 12.2. The Hall–Kier alpha value is -3.64. The minimum Gasteiger partial charge on any atom is -0.450 e. The Kier molecular flexibility index (Phi) is 9.62. The third-order valence-corrected chi connectivity index (χ3v) is 13.1. The molecule has 0 aromatic heterocycles. The van der Waals surface area contributed by atoms with Crippen LogP contribution in [0.25, 0.3) is 11.1 Å². The molecule has 3 aliphatic carbocycles. The van der Waals surface area contributed by atoms with E-state index in [9.17, 15) is 27.6 Å². The molecule has 11 nitrogen and oxygen atoms in total. The van der Waals surface area contributed by atoms with Gasteiger partial charge in [0.1, 0.15) is 17.6 Å². The molecule has 2 aromatic carbocycles. The number of carbonyl (C=O) groups is 4. The fourth-order valence-corrected chi connectivity index (χ4v) is 9.34. The number of nitrogens with zero attached hydrogens (tertiary/aromatic N) is 1. The molecule has 0 radical (unpaired) electrons. The Labute approximate surface area is 298 Å². The first-order valence-corrected chi connectivity index (χ1v) is 19.9. The zero-order valence-corrected chi connectivity index (χ0v) is 29.9. The van der Waals surface area contributed by atoms with Gasteiger partial charge in [0.2, 0.25) is 21.8 Å². The summed E-state index contributed by atoms with van der Waals surface area (Å²) < 4.78 is 33.1. The highest BCUT2D eigenvalue weighted by atomic mass is 35.5. The van der Waals surface area contributed by atoms with Gasteiger partial charge in [-0.3, -0.25) is 19.1 Å². The first kappa shape index (κ1) is 34.8.